The number of amides is 1. The number of nitrogens with one attached hydrogen (secondary N) is 1. The highest BCUT2D eigenvalue weighted by Crippen LogP contribution is 2.38. The molecule has 0 unspecified atom stereocenters. The largest absolute Gasteiger partial charge is 0.493 e. The van der Waals surface area contributed by atoms with Crippen molar-refractivity contribution in [2.45, 2.75) is 13.5 Å². The topological polar surface area (TPSA) is 78.8 Å². The zero-order valence-corrected chi connectivity index (χ0v) is 15.2. The molecule has 138 valence electrons. The Balaban J connectivity index is 2.18. The second kappa shape index (κ2) is 8.75. The molecule has 7 heteroatoms. The van der Waals surface area contributed by atoms with Crippen molar-refractivity contribution < 1.29 is 19.0 Å². The van der Waals surface area contributed by atoms with Crippen molar-refractivity contribution >= 4 is 17.7 Å². The highest BCUT2D eigenvalue weighted by molar-refractivity contribution is 6.01. The molecule has 0 saturated carbocycles. The van der Waals surface area contributed by atoms with Gasteiger partial charge >= 0.3 is 0 Å². The standard InChI is InChI=1S/C19H22N2O5/c1-5-21-12-14(7-9-18(21)23)20-17(22)8-6-13-10-15(24-2)19(26-4)16(11-13)25-3/h6-12H,5H2,1-4H3,(H,20,22)/b8-6+. The molecule has 0 aliphatic heterocycles. The Morgan fingerprint density at radius 1 is 1.12 bits per heavy atom. The first-order valence-electron chi connectivity index (χ1n) is 8.02. The van der Waals surface area contributed by atoms with Crippen LogP contribution < -0.4 is 25.1 Å². The normalized spacial score (nSPS) is 10.6. The van der Waals surface area contributed by atoms with Gasteiger partial charge in [0.2, 0.25) is 11.7 Å². The monoisotopic (exact) mass is 358 g/mol. The van der Waals surface area contributed by atoms with Gasteiger partial charge in [-0.1, -0.05) is 0 Å². The molecular weight excluding hydrogens is 336 g/mol. The van der Waals surface area contributed by atoms with Crippen LogP contribution in [0.1, 0.15) is 12.5 Å². The van der Waals surface area contributed by atoms with Crippen LogP contribution in [-0.2, 0) is 11.3 Å². The smallest absolute Gasteiger partial charge is 0.250 e. The van der Waals surface area contributed by atoms with Crippen molar-refractivity contribution in [1.82, 2.24) is 4.57 Å². The molecule has 0 spiro atoms. The minimum Gasteiger partial charge on any atom is -0.493 e. The minimum atomic E-state index is -0.319. The number of benzene rings is 1. The Kier molecular flexibility index (Phi) is 6.43. The van der Waals surface area contributed by atoms with Gasteiger partial charge in [0.15, 0.2) is 11.5 Å². The summed E-state index contributed by atoms with van der Waals surface area (Å²) in [7, 11) is 4.58. The van der Waals surface area contributed by atoms with Gasteiger partial charge in [-0.15, -0.1) is 0 Å². The van der Waals surface area contributed by atoms with E-state index in [-0.39, 0.29) is 11.5 Å². The number of rotatable bonds is 7. The Morgan fingerprint density at radius 3 is 2.31 bits per heavy atom. The van der Waals surface area contributed by atoms with Gasteiger partial charge < -0.3 is 24.1 Å². The van der Waals surface area contributed by atoms with Gasteiger partial charge in [-0.25, -0.2) is 0 Å². The zero-order valence-electron chi connectivity index (χ0n) is 15.2. The molecule has 26 heavy (non-hydrogen) atoms. The Hall–Kier alpha value is -3.22. The average Bonchev–Trinajstić information content (AvgIpc) is 2.66. The van der Waals surface area contributed by atoms with Crippen molar-refractivity contribution in [2.24, 2.45) is 0 Å². The second-order valence-corrected chi connectivity index (χ2v) is 5.32. The summed E-state index contributed by atoms with van der Waals surface area (Å²) in [5.74, 6) is 1.17. The lowest BCUT2D eigenvalue weighted by Gasteiger charge is -2.12. The lowest BCUT2D eigenvalue weighted by molar-refractivity contribution is -0.111. The van der Waals surface area contributed by atoms with Gasteiger partial charge in [0.1, 0.15) is 0 Å². The number of carbonyl (C=O) groups excluding carboxylic acids is 1. The molecular formula is C19H22N2O5. The van der Waals surface area contributed by atoms with Crippen LogP contribution in [0.5, 0.6) is 17.2 Å². The van der Waals surface area contributed by atoms with Crippen molar-refractivity contribution in [3.8, 4) is 17.2 Å². The van der Waals surface area contributed by atoms with Crippen LogP contribution in [0.4, 0.5) is 5.69 Å². The van der Waals surface area contributed by atoms with E-state index in [1.807, 2.05) is 6.92 Å². The number of methoxy groups -OCH3 is 3. The lowest BCUT2D eigenvalue weighted by Crippen LogP contribution is -2.19. The molecule has 7 nitrogen and oxygen atoms in total. The molecule has 0 bridgehead atoms. The van der Waals surface area contributed by atoms with E-state index in [0.717, 1.165) is 0 Å². The average molecular weight is 358 g/mol. The zero-order chi connectivity index (χ0) is 19.1. The minimum absolute atomic E-state index is 0.113. The van der Waals surface area contributed by atoms with Crippen molar-refractivity contribution in [2.75, 3.05) is 26.6 Å². The molecule has 1 N–H and O–H groups in total. The van der Waals surface area contributed by atoms with Gasteiger partial charge in [0, 0.05) is 24.9 Å². The number of carbonyl (C=O) groups is 1. The Labute approximate surface area is 151 Å². The van der Waals surface area contributed by atoms with Crippen LogP contribution in [0.3, 0.4) is 0 Å². The van der Waals surface area contributed by atoms with E-state index in [4.69, 9.17) is 14.2 Å². The first-order valence-corrected chi connectivity index (χ1v) is 8.02. The van der Waals surface area contributed by atoms with Crippen LogP contribution >= 0.6 is 0 Å². The lowest BCUT2D eigenvalue weighted by atomic mass is 10.1. The Morgan fingerprint density at radius 2 is 1.77 bits per heavy atom. The highest BCUT2D eigenvalue weighted by Gasteiger charge is 2.12. The molecule has 1 amide bonds. The molecule has 1 aromatic heterocycles. The predicted molar refractivity (Wildman–Crippen MR) is 100 cm³/mol. The predicted octanol–water partition coefficient (Wildman–Crippen LogP) is 2.55. The van der Waals surface area contributed by atoms with Crippen molar-refractivity contribution in [3.63, 3.8) is 0 Å². The number of ether oxygens (including phenoxy) is 3. The van der Waals surface area contributed by atoms with E-state index < -0.39 is 0 Å². The summed E-state index contributed by atoms with van der Waals surface area (Å²) in [6.45, 7) is 2.39. The number of hydrogen-bond donors (Lipinski definition) is 1. The summed E-state index contributed by atoms with van der Waals surface area (Å²) in [6, 6.07) is 6.46. The van der Waals surface area contributed by atoms with Crippen molar-refractivity contribution in [1.29, 1.82) is 0 Å². The third-order valence-electron chi connectivity index (χ3n) is 3.71. The fraction of sp³-hybridized carbons (Fsp3) is 0.263. The summed E-state index contributed by atoms with van der Waals surface area (Å²) in [6.07, 6.45) is 4.63. The van der Waals surface area contributed by atoms with Crippen LogP contribution in [0, 0.1) is 0 Å². The molecule has 1 heterocycles. The maximum atomic E-state index is 12.1. The molecule has 0 atom stereocenters. The number of nitrogens with zero attached hydrogens (tertiary/aromatic N) is 1. The van der Waals surface area contributed by atoms with Crippen LogP contribution in [-0.4, -0.2) is 31.8 Å². The number of aromatic nitrogens is 1. The maximum Gasteiger partial charge on any atom is 0.250 e. The molecule has 1 aromatic carbocycles. The number of aryl methyl sites for hydroxylation is 1. The van der Waals surface area contributed by atoms with Gasteiger partial charge in [0.25, 0.3) is 5.56 Å². The maximum absolute atomic E-state index is 12.1. The molecule has 2 rings (SSSR count). The molecule has 0 aliphatic carbocycles. The summed E-state index contributed by atoms with van der Waals surface area (Å²) >= 11 is 0. The molecule has 0 radical (unpaired) electrons. The van der Waals surface area contributed by atoms with E-state index in [9.17, 15) is 9.59 Å². The molecule has 2 aromatic rings. The molecule has 0 saturated heterocycles. The first kappa shape index (κ1) is 19.1. The first-order chi connectivity index (χ1) is 12.5. The number of hydrogen-bond acceptors (Lipinski definition) is 5. The highest BCUT2D eigenvalue weighted by atomic mass is 16.5. The summed E-state index contributed by atoms with van der Waals surface area (Å²) in [5.41, 5.74) is 1.15. The van der Waals surface area contributed by atoms with Gasteiger partial charge in [-0.05, 0) is 36.8 Å². The Bertz CT molecular complexity index is 845. The SMILES string of the molecule is CCn1cc(NC(=O)/C=C/c2cc(OC)c(OC)c(OC)c2)ccc1=O. The summed E-state index contributed by atoms with van der Waals surface area (Å²) in [5, 5.41) is 2.72. The fourth-order valence-corrected chi connectivity index (χ4v) is 2.41. The van der Waals surface area contributed by atoms with Crippen LogP contribution in [0.15, 0.2) is 41.3 Å². The van der Waals surface area contributed by atoms with E-state index >= 15 is 0 Å². The number of anilines is 1. The van der Waals surface area contributed by atoms with Crippen molar-refractivity contribution in [3.05, 3.63) is 52.5 Å². The second-order valence-electron chi connectivity index (χ2n) is 5.32. The summed E-state index contributed by atoms with van der Waals surface area (Å²) in [4.78, 5) is 23.7. The summed E-state index contributed by atoms with van der Waals surface area (Å²) < 4.78 is 17.4. The van der Waals surface area contributed by atoms with Gasteiger partial charge in [-0.2, -0.15) is 0 Å². The van der Waals surface area contributed by atoms with Gasteiger partial charge in [-0.3, -0.25) is 9.59 Å². The fourth-order valence-electron chi connectivity index (χ4n) is 2.41. The number of pyridine rings is 1. The third kappa shape index (κ3) is 4.44. The van der Waals surface area contributed by atoms with E-state index in [2.05, 4.69) is 5.32 Å². The van der Waals surface area contributed by atoms with Gasteiger partial charge in [0.05, 0.1) is 27.0 Å². The van der Waals surface area contributed by atoms with Crippen LogP contribution in [0.25, 0.3) is 6.08 Å². The third-order valence-corrected chi connectivity index (χ3v) is 3.71. The quantitative estimate of drug-likeness (QED) is 0.770. The molecule has 0 aliphatic rings. The van der Waals surface area contributed by atoms with E-state index in [0.29, 0.717) is 35.0 Å². The van der Waals surface area contributed by atoms with E-state index in [1.165, 1.54) is 38.0 Å². The molecule has 0 fully saturated rings. The van der Waals surface area contributed by atoms with E-state index in [1.54, 1.807) is 30.5 Å². The van der Waals surface area contributed by atoms with Crippen LogP contribution in [0.2, 0.25) is 0 Å².